The zero-order chi connectivity index (χ0) is 26.2. The van der Waals surface area contributed by atoms with Gasteiger partial charge in [-0.25, -0.2) is 18.7 Å². The minimum atomic E-state index is -5.04. The number of nitrogens with one attached hydrogen (secondary N) is 1. The van der Waals surface area contributed by atoms with Crippen LogP contribution in [0.15, 0.2) is 24.3 Å². The van der Waals surface area contributed by atoms with Crippen molar-refractivity contribution in [2.24, 2.45) is 5.92 Å². The van der Waals surface area contributed by atoms with Crippen molar-refractivity contribution < 1.29 is 36.2 Å². The zero-order valence-electron chi connectivity index (χ0n) is 20.2. The number of hydrogen-bond donors (Lipinski definition) is 1. The van der Waals surface area contributed by atoms with Crippen molar-refractivity contribution in [3.05, 3.63) is 52.9 Å². The van der Waals surface area contributed by atoms with Crippen LogP contribution in [-0.4, -0.2) is 36.4 Å². The lowest BCUT2D eigenvalue weighted by atomic mass is 10.0. The van der Waals surface area contributed by atoms with Crippen molar-refractivity contribution in [2.75, 3.05) is 25.6 Å². The Balaban J connectivity index is 1.73. The van der Waals surface area contributed by atoms with E-state index in [-0.39, 0.29) is 23.9 Å². The van der Waals surface area contributed by atoms with Gasteiger partial charge in [-0.2, -0.15) is 13.2 Å². The Bertz CT molecular complexity index is 1260. The van der Waals surface area contributed by atoms with Gasteiger partial charge in [-0.1, -0.05) is 0 Å². The first-order valence-electron chi connectivity index (χ1n) is 11.4. The van der Waals surface area contributed by atoms with E-state index in [1.165, 1.54) is 14.0 Å². The summed E-state index contributed by atoms with van der Waals surface area (Å²) in [5, 5.41) is 3.40. The molecule has 0 bridgehead atoms. The molecule has 0 aliphatic carbocycles. The van der Waals surface area contributed by atoms with Gasteiger partial charge in [0.15, 0.2) is 11.5 Å². The van der Waals surface area contributed by atoms with Crippen LogP contribution in [0.2, 0.25) is 0 Å². The average molecular weight is 511 g/mol. The molecule has 1 saturated heterocycles. The molecule has 0 radical (unpaired) electrons. The van der Waals surface area contributed by atoms with Gasteiger partial charge in [-0.15, -0.1) is 0 Å². The molecular formula is C25H26F5N3O3. The fraction of sp³-hybridized carbons (Fsp3) is 0.440. The third-order valence-electron chi connectivity index (χ3n) is 6.23. The maximum absolute atomic E-state index is 14.7. The minimum Gasteiger partial charge on any atom is -0.493 e. The molecule has 1 aromatic heterocycles. The molecule has 3 aromatic rings. The lowest BCUT2D eigenvalue weighted by molar-refractivity contribution is -0.140. The van der Waals surface area contributed by atoms with Crippen molar-refractivity contribution in [3.63, 3.8) is 0 Å². The molecule has 36 heavy (non-hydrogen) atoms. The fourth-order valence-corrected chi connectivity index (χ4v) is 4.25. The number of anilines is 1. The normalized spacial score (nSPS) is 17.8. The Hall–Kier alpha value is -3.21. The molecule has 1 aliphatic rings. The smallest absolute Gasteiger partial charge is 0.419 e. The lowest BCUT2D eigenvalue weighted by Gasteiger charge is -2.22. The topological polar surface area (TPSA) is 65.5 Å². The number of aryl methyl sites for hydroxylation is 1. The second-order valence-corrected chi connectivity index (χ2v) is 8.81. The van der Waals surface area contributed by atoms with Gasteiger partial charge in [0.25, 0.3) is 0 Å². The quantitative estimate of drug-likeness (QED) is 0.380. The Morgan fingerprint density at radius 1 is 1.08 bits per heavy atom. The fourth-order valence-electron chi connectivity index (χ4n) is 4.25. The first-order valence-corrected chi connectivity index (χ1v) is 11.4. The van der Waals surface area contributed by atoms with Gasteiger partial charge in [0, 0.05) is 29.5 Å². The predicted octanol–water partition coefficient (Wildman–Crippen LogP) is 6.22. The van der Waals surface area contributed by atoms with Gasteiger partial charge in [0.1, 0.15) is 29.4 Å². The van der Waals surface area contributed by atoms with Gasteiger partial charge in [0.2, 0.25) is 0 Å². The van der Waals surface area contributed by atoms with E-state index >= 15 is 0 Å². The molecule has 1 aliphatic heterocycles. The molecule has 2 heterocycles. The molecule has 0 amide bonds. The van der Waals surface area contributed by atoms with Crippen LogP contribution in [0.1, 0.15) is 43.3 Å². The van der Waals surface area contributed by atoms with Crippen molar-refractivity contribution in [2.45, 2.75) is 45.5 Å². The third-order valence-corrected chi connectivity index (χ3v) is 6.23. The number of fused-ring (bicyclic) bond motifs is 1. The van der Waals surface area contributed by atoms with Crippen LogP contribution in [0.4, 0.5) is 27.8 Å². The van der Waals surface area contributed by atoms with Crippen LogP contribution in [0.25, 0.3) is 10.9 Å². The zero-order valence-corrected chi connectivity index (χ0v) is 20.2. The maximum atomic E-state index is 14.7. The van der Waals surface area contributed by atoms with Crippen molar-refractivity contribution in [1.82, 2.24) is 9.97 Å². The molecule has 2 aromatic carbocycles. The molecule has 194 valence electrons. The van der Waals surface area contributed by atoms with Crippen LogP contribution in [0, 0.1) is 24.5 Å². The van der Waals surface area contributed by atoms with E-state index in [0.717, 1.165) is 12.5 Å². The molecule has 11 heteroatoms. The summed E-state index contributed by atoms with van der Waals surface area (Å²) < 4.78 is 85.5. The minimum absolute atomic E-state index is 0.141. The number of methoxy groups -OCH3 is 1. The highest BCUT2D eigenvalue weighted by Crippen LogP contribution is 2.38. The highest BCUT2D eigenvalue weighted by atomic mass is 19.4. The van der Waals surface area contributed by atoms with E-state index in [2.05, 4.69) is 15.3 Å². The summed E-state index contributed by atoms with van der Waals surface area (Å²) in [5.41, 5.74) is -1.67. The number of halogens is 5. The molecule has 1 N–H and O–H groups in total. The first kappa shape index (κ1) is 25.9. The van der Waals surface area contributed by atoms with Gasteiger partial charge < -0.3 is 19.5 Å². The molecule has 3 atom stereocenters. The van der Waals surface area contributed by atoms with E-state index < -0.39 is 35.0 Å². The lowest BCUT2D eigenvalue weighted by Crippen LogP contribution is -2.24. The first-order chi connectivity index (χ1) is 17.0. The molecule has 4 rings (SSSR count). The highest BCUT2D eigenvalue weighted by molar-refractivity contribution is 5.92. The van der Waals surface area contributed by atoms with Crippen LogP contribution in [0.5, 0.6) is 11.5 Å². The summed E-state index contributed by atoms with van der Waals surface area (Å²) in [6, 6.07) is 3.15. The molecule has 6 nitrogen and oxygen atoms in total. The van der Waals surface area contributed by atoms with Crippen LogP contribution in [0.3, 0.4) is 0 Å². The van der Waals surface area contributed by atoms with E-state index in [1.807, 2.05) is 6.92 Å². The molecule has 0 spiro atoms. The van der Waals surface area contributed by atoms with Crippen LogP contribution in [-0.2, 0) is 10.9 Å². The van der Waals surface area contributed by atoms with Gasteiger partial charge in [-0.3, -0.25) is 0 Å². The summed E-state index contributed by atoms with van der Waals surface area (Å²) >= 11 is 0. The standard InChI is InChI=1S/C25H26F5N3O3/c1-12(17-7-16(26)8-19(23(17)27)25(28,29)30)31-24-18-9-22(36-13(2)15-5-6-35-11-15)21(34-4)10-20(18)32-14(3)33-24/h7-10,12-13,15H,5-6,11H2,1-4H3,(H,31,32,33)/t12-,13?,15+/m1/s1. The number of benzene rings is 2. The van der Waals surface area contributed by atoms with Gasteiger partial charge >= 0.3 is 6.18 Å². The Labute approximate surface area is 204 Å². The number of nitrogens with zero attached hydrogens (tertiary/aromatic N) is 2. The van der Waals surface area contributed by atoms with Crippen molar-refractivity contribution >= 4 is 16.7 Å². The number of aromatic nitrogens is 2. The number of ether oxygens (including phenoxy) is 3. The molecule has 0 saturated carbocycles. The Morgan fingerprint density at radius 2 is 1.83 bits per heavy atom. The third kappa shape index (κ3) is 5.30. The second kappa shape index (κ2) is 10.0. The average Bonchev–Trinajstić information content (AvgIpc) is 3.34. The van der Waals surface area contributed by atoms with E-state index in [9.17, 15) is 22.0 Å². The molecular weight excluding hydrogens is 485 g/mol. The second-order valence-electron chi connectivity index (χ2n) is 8.81. The van der Waals surface area contributed by atoms with E-state index in [1.54, 1.807) is 19.1 Å². The molecule has 1 fully saturated rings. The monoisotopic (exact) mass is 511 g/mol. The van der Waals surface area contributed by atoms with E-state index in [0.29, 0.717) is 41.4 Å². The summed E-state index contributed by atoms with van der Waals surface area (Å²) in [4.78, 5) is 8.78. The maximum Gasteiger partial charge on any atom is 0.419 e. The highest BCUT2D eigenvalue weighted by Gasteiger charge is 2.36. The van der Waals surface area contributed by atoms with Crippen LogP contribution >= 0.6 is 0 Å². The Kier molecular flexibility index (Phi) is 7.21. The summed E-state index contributed by atoms with van der Waals surface area (Å²) in [5.74, 6) is -1.08. The largest absolute Gasteiger partial charge is 0.493 e. The van der Waals surface area contributed by atoms with Crippen molar-refractivity contribution in [3.8, 4) is 11.5 Å². The summed E-state index contributed by atoms with van der Waals surface area (Å²) in [6.07, 6.45) is -4.35. The predicted molar refractivity (Wildman–Crippen MR) is 123 cm³/mol. The van der Waals surface area contributed by atoms with Gasteiger partial charge in [-0.05, 0) is 45.4 Å². The van der Waals surface area contributed by atoms with Crippen molar-refractivity contribution in [1.29, 1.82) is 0 Å². The van der Waals surface area contributed by atoms with Crippen LogP contribution < -0.4 is 14.8 Å². The summed E-state index contributed by atoms with van der Waals surface area (Å²) in [7, 11) is 1.50. The SMILES string of the molecule is COc1cc2nc(C)nc(N[C@H](C)c3cc(F)cc(C(F)(F)F)c3F)c2cc1OC(C)[C@H]1CCOC1. The number of rotatable bonds is 7. The molecule has 1 unspecified atom stereocenters. The Morgan fingerprint density at radius 3 is 2.47 bits per heavy atom. The van der Waals surface area contributed by atoms with E-state index in [4.69, 9.17) is 14.2 Å². The number of hydrogen-bond acceptors (Lipinski definition) is 6. The number of alkyl halides is 3. The van der Waals surface area contributed by atoms with Gasteiger partial charge in [0.05, 0.1) is 30.8 Å². The summed E-state index contributed by atoms with van der Waals surface area (Å²) in [6.45, 7) is 6.24.